The molecule has 0 bridgehead atoms. The van der Waals surface area contributed by atoms with Crippen LogP contribution in [0.5, 0.6) is 5.75 Å². The number of amides is 1. The van der Waals surface area contributed by atoms with Crippen molar-refractivity contribution < 1.29 is 19.8 Å². The van der Waals surface area contributed by atoms with E-state index in [2.05, 4.69) is 47.3 Å². The fraction of sp³-hybridized carbons (Fsp3) is 0.529. The molecule has 2 aliphatic heterocycles. The number of carbonyl (C=O) groups excluding carboxylic acids is 1. The van der Waals surface area contributed by atoms with Crippen molar-refractivity contribution in [2.45, 2.75) is 64.1 Å². The highest BCUT2D eigenvalue weighted by Gasteiger charge is 2.35. The van der Waals surface area contributed by atoms with Crippen LogP contribution >= 0.6 is 0 Å². The number of unbranched alkanes of at least 4 members (excludes halogenated alkanes) is 3. The summed E-state index contributed by atoms with van der Waals surface area (Å²) in [7, 11) is 0. The minimum absolute atomic E-state index is 0.0667. The van der Waals surface area contributed by atoms with Crippen LogP contribution in [0.1, 0.15) is 73.5 Å². The van der Waals surface area contributed by atoms with Crippen LogP contribution in [0.4, 0.5) is 0 Å². The molecule has 2 aromatic carbocycles. The molecular formula is C34H48N4O4. The molecule has 3 atom stereocenters. The van der Waals surface area contributed by atoms with Gasteiger partial charge in [-0.05, 0) is 68.6 Å². The summed E-state index contributed by atoms with van der Waals surface area (Å²) in [6, 6.07) is 16.1. The van der Waals surface area contributed by atoms with Crippen molar-refractivity contribution in [1.82, 2.24) is 19.6 Å². The zero-order valence-electron chi connectivity index (χ0n) is 25.3. The maximum atomic E-state index is 13.7. The molecule has 2 aliphatic rings. The first kappa shape index (κ1) is 31.7. The van der Waals surface area contributed by atoms with E-state index < -0.39 is 5.97 Å². The summed E-state index contributed by atoms with van der Waals surface area (Å²) in [6.07, 6.45) is 6.01. The molecule has 228 valence electrons. The summed E-state index contributed by atoms with van der Waals surface area (Å²) in [5, 5.41) is 19.1. The minimum Gasteiger partial charge on any atom is -0.508 e. The molecule has 0 aliphatic carbocycles. The second kappa shape index (κ2) is 15.3. The maximum Gasteiger partial charge on any atom is 0.303 e. The Morgan fingerprint density at radius 2 is 1.62 bits per heavy atom. The molecule has 4 rings (SSSR count). The van der Waals surface area contributed by atoms with Crippen LogP contribution in [0.25, 0.3) is 0 Å². The summed E-state index contributed by atoms with van der Waals surface area (Å²) >= 11 is 0. The van der Waals surface area contributed by atoms with Gasteiger partial charge in [0.1, 0.15) is 5.75 Å². The molecule has 1 amide bonds. The number of hydrogen-bond acceptors (Lipinski definition) is 6. The molecule has 2 aromatic rings. The van der Waals surface area contributed by atoms with Gasteiger partial charge in [-0.1, -0.05) is 43.2 Å². The lowest BCUT2D eigenvalue weighted by molar-refractivity contribution is -0.137. The maximum absolute atomic E-state index is 13.7. The van der Waals surface area contributed by atoms with Gasteiger partial charge in [0.25, 0.3) is 5.91 Å². The normalized spacial score (nSPS) is 21.2. The Morgan fingerprint density at radius 3 is 2.31 bits per heavy atom. The van der Waals surface area contributed by atoms with Gasteiger partial charge in [0.15, 0.2) is 0 Å². The van der Waals surface area contributed by atoms with E-state index in [1.165, 1.54) is 0 Å². The van der Waals surface area contributed by atoms with Crippen LogP contribution in [-0.4, -0.2) is 106 Å². The van der Waals surface area contributed by atoms with E-state index in [4.69, 9.17) is 5.11 Å². The van der Waals surface area contributed by atoms with Crippen LogP contribution in [-0.2, 0) is 4.79 Å². The Balaban J connectivity index is 1.43. The number of piperazine rings is 2. The Kier molecular flexibility index (Phi) is 11.6. The van der Waals surface area contributed by atoms with E-state index in [-0.39, 0.29) is 30.2 Å². The number of nitrogens with zero attached hydrogens (tertiary/aromatic N) is 4. The highest BCUT2D eigenvalue weighted by atomic mass is 16.4. The van der Waals surface area contributed by atoms with E-state index >= 15 is 0 Å². The third-order valence-electron chi connectivity index (χ3n) is 8.77. The topological polar surface area (TPSA) is 87.6 Å². The molecule has 0 saturated carbocycles. The number of carboxylic acids is 1. The van der Waals surface area contributed by atoms with E-state index in [1.807, 2.05) is 41.3 Å². The van der Waals surface area contributed by atoms with E-state index in [0.717, 1.165) is 76.1 Å². The van der Waals surface area contributed by atoms with Crippen molar-refractivity contribution in [3.63, 3.8) is 0 Å². The highest BCUT2D eigenvalue weighted by Crippen LogP contribution is 2.35. The van der Waals surface area contributed by atoms with E-state index in [1.54, 1.807) is 6.07 Å². The van der Waals surface area contributed by atoms with Crippen molar-refractivity contribution in [2.24, 2.45) is 0 Å². The molecule has 0 aromatic heterocycles. The second-order valence-electron chi connectivity index (χ2n) is 12.0. The minimum atomic E-state index is -0.720. The van der Waals surface area contributed by atoms with Gasteiger partial charge in [-0.25, -0.2) is 0 Å². The standard InChI is InChI=1S/C34H48N4O4/c1-4-16-37-24-27(3)38(25-26(37)2)33(29-12-10-14-31(39)23-29)28-11-9-13-30(22-28)34(42)36-20-18-35(19-21-36)17-8-6-5-7-15-32(40)41/h4,9-14,22-23,26-27,33,39H,1,5-8,15-21,24-25H2,2-3H3,(H,40,41)/t26-,27?,33-/m1/s1. The zero-order chi connectivity index (χ0) is 30.1. The van der Waals surface area contributed by atoms with E-state index in [0.29, 0.717) is 24.7 Å². The molecular weight excluding hydrogens is 528 g/mol. The Labute approximate surface area is 251 Å². The lowest BCUT2D eigenvalue weighted by atomic mass is 9.92. The number of phenols is 1. The lowest BCUT2D eigenvalue weighted by Gasteiger charge is -2.47. The number of aromatic hydroxyl groups is 1. The molecule has 2 saturated heterocycles. The number of carboxylic acid groups (broad SMARTS) is 1. The molecule has 0 radical (unpaired) electrons. The number of rotatable bonds is 13. The quantitative estimate of drug-likeness (QED) is 0.260. The lowest BCUT2D eigenvalue weighted by Crippen LogP contribution is -2.57. The summed E-state index contributed by atoms with van der Waals surface area (Å²) in [4.78, 5) is 33.6. The Morgan fingerprint density at radius 1 is 0.929 bits per heavy atom. The van der Waals surface area contributed by atoms with Crippen molar-refractivity contribution >= 4 is 11.9 Å². The van der Waals surface area contributed by atoms with Gasteiger partial charge < -0.3 is 15.1 Å². The van der Waals surface area contributed by atoms with Crippen molar-refractivity contribution in [3.8, 4) is 5.75 Å². The predicted octanol–water partition coefficient (Wildman–Crippen LogP) is 4.86. The van der Waals surface area contributed by atoms with Crippen LogP contribution in [0.3, 0.4) is 0 Å². The van der Waals surface area contributed by atoms with Gasteiger partial charge in [0.05, 0.1) is 6.04 Å². The summed E-state index contributed by atoms with van der Waals surface area (Å²) < 4.78 is 0. The van der Waals surface area contributed by atoms with Gasteiger partial charge in [0, 0.05) is 69.9 Å². The number of phenolic OH excluding ortho intramolecular Hbond substituents is 1. The monoisotopic (exact) mass is 576 g/mol. The Hall–Kier alpha value is -3.20. The second-order valence-corrected chi connectivity index (χ2v) is 12.0. The SMILES string of the molecule is C=CCN1CC(C)N([C@@H](c2cccc(O)c2)c2cccc(C(=O)N3CCN(CCCCCCC(=O)O)CC3)c2)C[C@H]1C. The van der Waals surface area contributed by atoms with E-state index in [9.17, 15) is 14.7 Å². The smallest absolute Gasteiger partial charge is 0.303 e. The van der Waals surface area contributed by atoms with Gasteiger partial charge >= 0.3 is 5.97 Å². The van der Waals surface area contributed by atoms with Crippen molar-refractivity contribution in [1.29, 1.82) is 0 Å². The third-order valence-corrected chi connectivity index (χ3v) is 8.77. The van der Waals surface area contributed by atoms with Gasteiger partial charge in [0.2, 0.25) is 0 Å². The number of aliphatic carboxylic acids is 1. The number of benzene rings is 2. The van der Waals surface area contributed by atoms with Gasteiger partial charge in [-0.2, -0.15) is 0 Å². The largest absolute Gasteiger partial charge is 0.508 e. The molecule has 8 heteroatoms. The summed E-state index contributed by atoms with van der Waals surface area (Å²) in [6.45, 7) is 15.2. The van der Waals surface area contributed by atoms with Crippen LogP contribution in [0.15, 0.2) is 61.2 Å². The van der Waals surface area contributed by atoms with Crippen LogP contribution < -0.4 is 0 Å². The predicted molar refractivity (Wildman–Crippen MR) is 167 cm³/mol. The highest BCUT2D eigenvalue weighted by molar-refractivity contribution is 5.94. The molecule has 2 N–H and O–H groups in total. The first-order valence-electron chi connectivity index (χ1n) is 15.5. The van der Waals surface area contributed by atoms with Crippen molar-refractivity contribution in [3.05, 3.63) is 77.9 Å². The average molecular weight is 577 g/mol. The first-order valence-corrected chi connectivity index (χ1v) is 15.5. The van der Waals surface area contributed by atoms with Crippen LogP contribution in [0, 0.1) is 0 Å². The third kappa shape index (κ3) is 8.43. The molecule has 2 fully saturated rings. The average Bonchev–Trinajstić information content (AvgIpc) is 2.97. The summed E-state index contributed by atoms with van der Waals surface area (Å²) in [5.41, 5.74) is 2.78. The Bertz CT molecular complexity index is 1200. The molecule has 0 spiro atoms. The zero-order valence-corrected chi connectivity index (χ0v) is 25.3. The first-order chi connectivity index (χ1) is 20.3. The molecule has 42 heavy (non-hydrogen) atoms. The number of carbonyl (C=O) groups is 2. The fourth-order valence-electron chi connectivity index (χ4n) is 6.44. The van der Waals surface area contributed by atoms with Gasteiger partial charge in [-0.3, -0.25) is 24.3 Å². The molecule has 1 unspecified atom stereocenters. The fourth-order valence-corrected chi connectivity index (χ4v) is 6.44. The van der Waals surface area contributed by atoms with Gasteiger partial charge in [-0.15, -0.1) is 6.58 Å². The number of hydrogen-bond donors (Lipinski definition) is 2. The summed E-state index contributed by atoms with van der Waals surface area (Å²) in [5.74, 6) is -0.409. The molecule has 8 nitrogen and oxygen atoms in total. The van der Waals surface area contributed by atoms with Crippen molar-refractivity contribution in [2.75, 3.05) is 52.4 Å². The molecule has 2 heterocycles. The van der Waals surface area contributed by atoms with Crippen LogP contribution in [0.2, 0.25) is 0 Å².